The number of nitriles is 2. The van der Waals surface area contributed by atoms with Gasteiger partial charge in [-0.3, -0.25) is 10.2 Å². The second kappa shape index (κ2) is 34.3. The topological polar surface area (TPSA) is 140 Å². The molecular weight excluding hydrogens is 739 g/mol. The van der Waals surface area contributed by atoms with Gasteiger partial charge in [0.25, 0.3) is 0 Å². The van der Waals surface area contributed by atoms with Crippen molar-refractivity contribution in [1.29, 1.82) is 10.5 Å². The molecule has 3 aromatic carbocycles. The molecule has 0 unspecified atom stereocenters. The summed E-state index contributed by atoms with van der Waals surface area (Å²) in [5, 5.41) is 32.2. The quantitative estimate of drug-likeness (QED) is 0.0498. The standard InChI is InChI=1S/C17H25N3.C17H21N3.C9H16.C8H7NO.CH4/c2*1-2-3-4-5-6-7-16-12-17(20-19-16)15-10-8-14(13-18)9-11-15;1-3-5-7-9-8-6-4-2;1-10-8-4-2-7(6-9)3-5-8;/h8-12H,2-7,13,18H2,1H3,(H,19,20);8-12H,2-7H2,1H3,(H,19,20);1H,4-9H2,2H3;2-5H,1H3;1H4. The third-order valence-electron chi connectivity index (χ3n) is 9.80. The van der Waals surface area contributed by atoms with E-state index in [2.05, 4.69) is 89.6 Å². The van der Waals surface area contributed by atoms with E-state index in [0.717, 1.165) is 53.1 Å². The average Bonchev–Trinajstić information content (AvgIpc) is 3.98. The highest BCUT2D eigenvalue weighted by Crippen LogP contribution is 2.21. The van der Waals surface area contributed by atoms with E-state index >= 15 is 0 Å². The van der Waals surface area contributed by atoms with Crippen molar-refractivity contribution in [2.24, 2.45) is 5.73 Å². The summed E-state index contributed by atoms with van der Waals surface area (Å²) in [4.78, 5) is 0. The number of H-pyrrole nitrogens is 2. The van der Waals surface area contributed by atoms with Crippen LogP contribution in [0.4, 0.5) is 0 Å². The highest BCUT2D eigenvalue weighted by molar-refractivity contribution is 5.61. The fraction of sp³-hybridized carbons (Fsp3) is 0.462. The highest BCUT2D eigenvalue weighted by Gasteiger charge is 2.05. The van der Waals surface area contributed by atoms with Gasteiger partial charge in [0.05, 0.1) is 41.8 Å². The zero-order valence-electron chi connectivity index (χ0n) is 36.4. The highest BCUT2D eigenvalue weighted by atomic mass is 16.5. The average molecular weight is 812 g/mol. The van der Waals surface area contributed by atoms with Crippen LogP contribution in [0.5, 0.6) is 5.75 Å². The number of aryl methyl sites for hydroxylation is 2. The molecule has 0 saturated carbocycles. The van der Waals surface area contributed by atoms with Crippen molar-refractivity contribution in [3.8, 4) is 52.7 Å². The van der Waals surface area contributed by atoms with Gasteiger partial charge >= 0.3 is 0 Å². The summed E-state index contributed by atoms with van der Waals surface area (Å²) < 4.78 is 4.90. The minimum atomic E-state index is 0. The van der Waals surface area contributed by atoms with E-state index in [4.69, 9.17) is 27.4 Å². The van der Waals surface area contributed by atoms with Gasteiger partial charge in [-0.1, -0.05) is 142 Å². The lowest BCUT2D eigenvalue weighted by Crippen LogP contribution is -1.95. The van der Waals surface area contributed by atoms with Crippen LogP contribution in [-0.4, -0.2) is 27.5 Å². The van der Waals surface area contributed by atoms with E-state index in [1.54, 1.807) is 31.4 Å². The molecule has 8 nitrogen and oxygen atoms in total. The number of nitrogens with one attached hydrogen (secondary N) is 2. The van der Waals surface area contributed by atoms with E-state index in [9.17, 15) is 0 Å². The summed E-state index contributed by atoms with van der Waals surface area (Å²) in [5.41, 5.74) is 14.7. The summed E-state index contributed by atoms with van der Waals surface area (Å²) in [7, 11) is 1.60. The first-order valence-electron chi connectivity index (χ1n) is 21.8. The maximum atomic E-state index is 8.79. The molecule has 0 saturated heterocycles. The van der Waals surface area contributed by atoms with Crippen molar-refractivity contribution >= 4 is 0 Å². The fourth-order valence-electron chi connectivity index (χ4n) is 6.14. The Hall–Kier alpha value is -5.62. The summed E-state index contributed by atoms with van der Waals surface area (Å²) in [6.45, 7) is 7.29. The molecule has 5 rings (SSSR count). The minimum Gasteiger partial charge on any atom is -0.497 e. The smallest absolute Gasteiger partial charge is 0.118 e. The second-order valence-corrected chi connectivity index (χ2v) is 14.7. The first-order valence-corrected chi connectivity index (χ1v) is 21.8. The zero-order valence-corrected chi connectivity index (χ0v) is 36.4. The molecule has 0 amide bonds. The predicted octanol–water partition coefficient (Wildman–Crippen LogP) is 13.7. The molecule has 5 aromatic rings. The molecule has 0 radical (unpaired) electrons. The normalized spacial score (nSPS) is 9.83. The SMILES string of the molecule is C.C#CCCCCCCC.CCCCCCCc1cc(-c2ccc(C#N)cc2)n[nH]1.CCCCCCCc1cc(-c2ccc(CN)cc2)n[nH]1.COc1ccc(C#N)cc1. The molecule has 8 heteroatoms. The van der Waals surface area contributed by atoms with E-state index in [-0.39, 0.29) is 7.43 Å². The van der Waals surface area contributed by atoms with Crippen LogP contribution >= 0.6 is 0 Å². The Morgan fingerprint density at radius 3 is 1.37 bits per heavy atom. The van der Waals surface area contributed by atoms with Crippen molar-refractivity contribution in [2.75, 3.05) is 7.11 Å². The van der Waals surface area contributed by atoms with Crippen molar-refractivity contribution in [3.05, 3.63) is 113 Å². The van der Waals surface area contributed by atoms with Crippen LogP contribution in [0.25, 0.3) is 22.5 Å². The van der Waals surface area contributed by atoms with Crippen molar-refractivity contribution in [1.82, 2.24) is 20.4 Å². The number of benzene rings is 3. The molecule has 0 aliphatic rings. The lowest BCUT2D eigenvalue weighted by atomic mass is 10.1. The number of nitrogens with zero attached hydrogens (tertiary/aromatic N) is 4. The summed E-state index contributed by atoms with van der Waals surface area (Å²) >= 11 is 0. The van der Waals surface area contributed by atoms with Crippen molar-refractivity contribution < 1.29 is 4.74 Å². The van der Waals surface area contributed by atoms with Crippen LogP contribution in [-0.2, 0) is 19.4 Å². The number of aromatic amines is 2. The molecule has 0 fully saturated rings. The molecule has 60 heavy (non-hydrogen) atoms. The summed E-state index contributed by atoms with van der Waals surface area (Å²) in [6, 6.07) is 31.2. The lowest BCUT2D eigenvalue weighted by molar-refractivity contribution is 0.415. The number of methoxy groups -OCH3 is 1. The van der Waals surface area contributed by atoms with Gasteiger partial charge in [0.1, 0.15) is 5.75 Å². The third kappa shape index (κ3) is 22.5. The molecule has 0 atom stereocenters. The van der Waals surface area contributed by atoms with Crippen LogP contribution < -0.4 is 10.5 Å². The van der Waals surface area contributed by atoms with Gasteiger partial charge in [-0.2, -0.15) is 20.7 Å². The Kier molecular flexibility index (Phi) is 29.9. The summed E-state index contributed by atoms with van der Waals surface area (Å²) in [5.74, 6) is 3.42. The van der Waals surface area contributed by atoms with Crippen LogP contribution in [0.1, 0.15) is 159 Å². The Morgan fingerprint density at radius 2 is 0.983 bits per heavy atom. The molecule has 2 heterocycles. The van der Waals surface area contributed by atoms with Gasteiger partial charge in [-0.15, -0.1) is 12.3 Å². The van der Waals surface area contributed by atoms with Crippen molar-refractivity contribution in [2.45, 2.75) is 150 Å². The number of aromatic nitrogens is 4. The van der Waals surface area contributed by atoms with Gasteiger partial charge in [-0.05, 0) is 86.2 Å². The van der Waals surface area contributed by atoms with Crippen LogP contribution in [0, 0.1) is 35.0 Å². The Morgan fingerprint density at radius 1 is 0.583 bits per heavy atom. The van der Waals surface area contributed by atoms with E-state index in [0.29, 0.717) is 17.7 Å². The first kappa shape index (κ1) is 52.4. The van der Waals surface area contributed by atoms with Gasteiger partial charge in [-0.25, -0.2) is 0 Å². The molecule has 0 aliphatic carbocycles. The first-order chi connectivity index (χ1) is 28.9. The third-order valence-corrected chi connectivity index (χ3v) is 9.80. The number of terminal acetylenes is 1. The predicted molar refractivity (Wildman–Crippen MR) is 252 cm³/mol. The molecule has 0 spiro atoms. The molecule has 2 aromatic heterocycles. The Labute approximate surface area is 363 Å². The van der Waals surface area contributed by atoms with Crippen LogP contribution in [0.15, 0.2) is 84.9 Å². The van der Waals surface area contributed by atoms with Crippen LogP contribution in [0.3, 0.4) is 0 Å². The Bertz CT molecular complexity index is 1900. The maximum Gasteiger partial charge on any atom is 0.118 e. The largest absolute Gasteiger partial charge is 0.497 e. The maximum absolute atomic E-state index is 8.79. The van der Waals surface area contributed by atoms with E-state index < -0.39 is 0 Å². The minimum absolute atomic E-state index is 0. The van der Waals surface area contributed by atoms with Crippen molar-refractivity contribution in [3.63, 3.8) is 0 Å². The van der Waals surface area contributed by atoms with Gasteiger partial charge in [0.15, 0.2) is 0 Å². The number of unbranched alkanes of at least 4 members (excludes halogenated alkanes) is 13. The zero-order chi connectivity index (χ0) is 42.8. The number of rotatable bonds is 21. The number of nitrogens with two attached hydrogens (primary N) is 1. The molecular formula is C52H73N7O. The van der Waals surface area contributed by atoms with E-state index in [1.165, 1.54) is 108 Å². The number of hydrogen-bond donors (Lipinski definition) is 3. The van der Waals surface area contributed by atoms with E-state index in [1.807, 2.05) is 30.3 Å². The number of hydrogen-bond acceptors (Lipinski definition) is 6. The molecule has 4 N–H and O–H groups in total. The number of ether oxygens (including phenoxy) is 1. The Balaban J connectivity index is 0.000000422. The second-order valence-electron chi connectivity index (χ2n) is 14.7. The molecule has 322 valence electrons. The van der Waals surface area contributed by atoms with Gasteiger partial charge in [0.2, 0.25) is 0 Å². The monoisotopic (exact) mass is 812 g/mol. The summed E-state index contributed by atoms with van der Waals surface area (Å²) in [6.07, 6.45) is 27.8. The molecule has 0 aliphatic heterocycles. The van der Waals surface area contributed by atoms with Gasteiger partial charge in [0, 0.05) is 35.5 Å². The lowest BCUT2D eigenvalue weighted by Gasteiger charge is -1.99. The van der Waals surface area contributed by atoms with Crippen LogP contribution in [0.2, 0.25) is 0 Å². The molecule has 0 bridgehead atoms. The fourth-order valence-corrected chi connectivity index (χ4v) is 6.14. The van der Waals surface area contributed by atoms with Gasteiger partial charge < -0.3 is 10.5 Å².